The van der Waals surface area contributed by atoms with Crippen molar-refractivity contribution in [2.45, 2.75) is 32.8 Å². The van der Waals surface area contributed by atoms with E-state index in [9.17, 15) is 9.90 Å². The summed E-state index contributed by atoms with van der Waals surface area (Å²) in [6.45, 7) is 3.84. The third-order valence-corrected chi connectivity index (χ3v) is 2.78. The second-order valence-electron chi connectivity index (χ2n) is 3.86. The van der Waals surface area contributed by atoms with Gasteiger partial charge >= 0.3 is 5.97 Å². The van der Waals surface area contributed by atoms with Gasteiger partial charge < -0.3 is 9.84 Å². The van der Waals surface area contributed by atoms with Crippen molar-refractivity contribution < 1.29 is 14.6 Å². The zero-order valence-electron chi connectivity index (χ0n) is 8.91. The van der Waals surface area contributed by atoms with Gasteiger partial charge in [0.15, 0.2) is 0 Å². The zero-order chi connectivity index (χ0) is 11.0. The third-order valence-electron chi connectivity index (χ3n) is 2.78. The Labute approximate surface area is 88.7 Å². The predicted molar refractivity (Wildman–Crippen MR) is 56.1 cm³/mol. The summed E-state index contributed by atoms with van der Waals surface area (Å²) in [7, 11) is 0. The maximum Gasteiger partial charge on any atom is 0.338 e. The minimum absolute atomic E-state index is 0.0999. The summed E-state index contributed by atoms with van der Waals surface area (Å²) >= 11 is 0. The molecule has 0 unspecified atom stereocenters. The molecule has 1 aliphatic rings. The van der Waals surface area contributed by atoms with Crippen LogP contribution < -0.4 is 0 Å². The van der Waals surface area contributed by atoms with Gasteiger partial charge in [-0.2, -0.15) is 0 Å². The second-order valence-corrected chi connectivity index (χ2v) is 3.86. The molecule has 1 N–H and O–H groups in total. The van der Waals surface area contributed by atoms with Crippen LogP contribution in [0.5, 0.6) is 5.75 Å². The van der Waals surface area contributed by atoms with Crippen molar-refractivity contribution in [2.75, 3.05) is 0 Å². The molecule has 1 aromatic carbocycles. The quantitative estimate of drug-likeness (QED) is 0.715. The van der Waals surface area contributed by atoms with Crippen molar-refractivity contribution in [3.8, 4) is 5.75 Å². The van der Waals surface area contributed by atoms with Gasteiger partial charge in [0.2, 0.25) is 0 Å². The molecule has 0 aromatic heterocycles. The van der Waals surface area contributed by atoms with E-state index in [1.807, 2.05) is 13.8 Å². The first-order chi connectivity index (χ1) is 7.13. The van der Waals surface area contributed by atoms with E-state index < -0.39 is 0 Å². The van der Waals surface area contributed by atoms with E-state index in [1.165, 1.54) is 0 Å². The predicted octanol–water partition coefficient (Wildman–Crippen LogP) is 2.06. The summed E-state index contributed by atoms with van der Waals surface area (Å²) in [5, 5.41) is 9.69. The van der Waals surface area contributed by atoms with Gasteiger partial charge in [0.1, 0.15) is 11.9 Å². The lowest BCUT2D eigenvalue weighted by Crippen LogP contribution is -2.26. The first-order valence-electron chi connectivity index (χ1n) is 5.18. The number of benzene rings is 1. The van der Waals surface area contributed by atoms with Crippen LogP contribution in [-0.2, 0) is 17.6 Å². The number of cyclic esters (lactones) is 1. The van der Waals surface area contributed by atoms with Crippen LogP contribution in [0.3, 0.4) is 0 Å². The van der Waals surface area contributed by atoms with Gasteiger partial charge in [0.25, 0.3) is 0 Å². The minimum atomic E-state index is -0.279. The summed E-state index contributed by atoms with van der Waals surface area (Å²) in [5.74, 6) is -0.00315. The molecule has 3 heteroatoms. The van der Waals surface area contributed by atoms with E-state index >= 15 is 0 Å². The fraction of sp³-hybridized carbons (Fsp3) is 0.417. The molecule has 0 spiro atoms. The normalized spacial score (nSPS) is 19.6. The maximum absolute atomic E-state index is 11.6. The number of hydrogen-bond donors (Lipinski definition) is 1. The van der Waals surface area contributed by atoms with E-state index in [4.69, 9.17) is 4.74 Å². The van der Waals surface area contributed by atoms with Crippen LogP contribution in [0.2, 0.25) is 0 Å². The Kier molecular flexibility index (Phi) is 2.39. The maximum atomic E-state index is 11.6. The molecule has 0 bridgehead atoms. The number of aromatic hydroxyl groups is 1. The fourth-order valence-electron chi connectivity index (χ4n) is 2.07. The average molecular weight is 206 g/mol. The Balaban J connectivity index is 2.59. The summed E-state index contributed by atoms with van der Waals surface area (Å²) in [4.78, 5) is 11.6. The monoisotopic (exact) mass is 206 g/mol. The average Bonchev–Trinajstić information content (AvgIpc) is 2.17. The molecule has 0 fully saturated rings. The molecule has 0 radical (unpaired) electrons. The summed E-state index contributed by atoms with van der Waals surface area (Å²) in [6.07, 6.45) is 1.32. The molecule has 1 aliphatic heterocycles. The number of esters is 1. The highest BCUT2D eigenvalue weighted by atomic mass is 16.5. The van der Waals surface area contributed by atoms with Crippen LogP contribution in [-0.4, -0.2) is 17.2 Å². The number of phenols is 1. The van der Waals surface area contributed by atoms with Gasteiger partial charge in [0, 0.05) is 6.42 Å². The van der Waals surface area contributed by atoms with E-state index in [0.29, 0.717) is 12.0 Å². The van der Waals surface area contributed by atoms with E-state index in [-0.39, 0.29) is 17.8 Å². The standard InChI is InChI=1S/C12H14O3/c1-3-8-10-6-7(2)15-12(14)9(10)4-5-11(8)13/h4-5,7,13H,3,6H2,1-2H3/t7-/m0/s1. The SMILES string of the molecule is CCc1c(O)ccc2c1C[C@H](C)OC2=O. The van der Waals surface area contributed by atoms with Crippen molar-refractivity contribution >= 4 is 5.97 Å². The first-order valence-corrected chi connectivity index (χ1v) is 5.18. The van der Waals surface area contributed by atoms with E-state index in [0.717, 1.165) is 17.5 Å². The van der Waals surface area contributed by atoms with Crippen LogP contribution in [0, 0.1) is 0 Å². The van der Waals surface area contributed by atoms with Gasteiger partial charge in [-0.15, -0.1) is 0 Å². The number of ether oxygens (including phenoxy) is 1. The van der Waals surface area contributed by atoms with Gasteiger partial charge in [-0.05, 0) is 36.6 Å². The van der Waals surface area contributed by atoms with Gasteiger partial charge in [0.05, 0.1) is 5.56 Å². The van der Waals surface area contributed by atoms with Crippen molar-refractivity contribution in [3.05, 3.63) is 28.8 Å². The molecule has 0 saturated carbocycles. The molecule has 0 saturated heterocycles. The summed E-state index contributed by atoms with van der Waals surface area (Å²) in [6, 6.07) is 3.20. The van der Waals surface area contributed by atoms with Crippen molar-refractivity contribution in [1.29, 1.82) is 0 Å². The van der Waals surface area contributed by atoms with Crippen LogP contribution in [0.1, 0.15) is 35.3 Å². The Morgan fingerprint density at radius 2 is 2.27 bits per heavy atom. The molecule has 15 heavy (non-hydrogen) atoms. The highest BCUT2D eigenvalue weighted by Gasteiger charge is 2.26. The number of carbonyl (C=O) groups excluding carboxylic acids is 1. The topological polar surface area (TPSA) is 46.5 Å². The van der Waals surface area contributed by atoms with Gasteiger partial charge in [-0.1, -0.05) is 6.92 Å². The molecule has 80 valence electrons. The van der Waals surface area contributed by atoms with Crippen LogP contribution in [0.4, 0.5) is 0 Å². The largest absolute Gasteiger partial charge is 0.508 e. The fourth-order valence-corrected chi connectivity index (χ4v) is 2.07. The highest BCUT2D eigenvalue weighted by molar-refractivity contribution is 5.93. The lowest BCUT2D eigenvalue weighted by Gasteiger charge is -2.24. The van der Waals surface area contributed by atoms with Gasteiger partial charge in [-0.3, -0.25) is 0 Å². The van der Waals surface area contributed by atoms with Crippen LogP contribution >= 0.6 is 0 Å². The van der Waals surface area contributed by atoms with Crippen LogP contribution in [0.15, 0.2) is 12.1 Å². The lowest BCUT2D eigenvalue weighted by atomic mass is 9.92. The first kappa shape index (κ1) is 10.0. The summed E-state index contributed by atoms with van der Waals surface area (Å²) in [5.41, 5.74) is 2.42. The number of phenolic OH excluding ortho intramolecular Hbond substituents is 1. The molecule has 3 nitrogen and oxygen atoms in total. The Hall–Kier alpha value is -1.51. The van der Waals surface area contributed by atoms with Crippen molar-refractivity contribution in [3.63, 3.8) is 0 Å². The molecule has 0 amide bonds. The number of rotatable bonds is 1. The molecule has 1 heterocycles. The highest BCUT2D eigenvalue weighted by Crippen LogP contribution is 2.30. The zero-order valence-corrected chi connectivity index (χ0v) is 8.91. The van der Waals surface area contributed by atoms with Crippen LogP contribution in [0.25, 0.3) is 0 Å². The Bertz CT molecular complexity index is 410. The van der Waals surface area contributed by atoms with Crippen molar-refractivity contribution in [2.24, 2.45) is 0 Å². The Morgan fingerprint density at radius 3 is 2.93 bits per heavy atom. The van der Waals surface area contributed by atoms with Gasteiger partial charge in [-0.25, -0.2) is 4.79 Å². The third kappa shape index (κ3) is 1.58. The smallest absolute Gasteiger partial charge is 0.338 e. The number of carbonyl (C=O) groups is 1. The molecule has 0 aliphatic carbocycles. The van der Waals surface area contributed by atoms with Crippen molar-refractivity contribution in [1.82, 2.24) is 0 Å². The minimum Gasteiger partial charge on any atom is -0.508 e. The molecule has 2 rings (SSSR count). The summed E-state index contributed by atoms with van der Waals surface area (Å²) < 4.78 is 5.13. The second kappa shape index (κ2) is 3.57. The Morgan fingerprint density at radius 1 is 1.53 bits per heavy atom. The van der Waals surface area contributed by atoms with E-state index in [1.54, 1.807) is 12.1 Å². The molecular weight excluding hydrogens is 192 g/mol. The number of fused-ring (bicyclic) bond motifs is 1. The number of hydrogen-bond acceptors (Lipinski definition) is 3. The molecular formula is C12H14O3. The molecule has 1 atom stereocenters. The lowest BCUT2D eigenvalue weighted by molar-refractivity contribution is 0.0300. The molecule has 1 aromatic rings. The van der Waals surface area contributed by atoms with E-state index in [2.05, 4.69) is 0 Å².